The molecule has 0 amide bonds. The maximum Gasteiger partial charge on any atom is 0.269 e. The highest BCUT2D eigenvalue weighted by atomic mass is 32.2. The smallest absolute Gasteiger partial charge is 0.258 e. The Morgan fingerprint density at radius 1 is 1.20 bits per heavy atom. The van der Waals surface area contributed by atoms with Gasteiger partial charge in [0.1, 0.15) is 0 Å². The minimum atomic E-state index is -3.40. The van der Waals surface area contributed by atoms with Crippen molar-refractivity contribution in [2.45, 2.75) is 4.90 Å². The minimum Gasteiger partial charge on any atom is -0.258 e. The summed E-state index contributed by atoms with van der Waals surface area (Å²) >= 11 is 0. The molecule has 0 saturated carbocycles. The fraction of sp³-hybridized carbons (Fsp3) is 0.250. The van der Waals surface area contributed by atoms with Gasteiger partial charge in [0.2, 0.25) is 10.0 Å². The molecule has 1 heterocycles. The first-order valence-corrected chi connectivity index (χ1v) is 5.70. The molecule has 6 nitrogen and oxygen atoms in total. The molecule has 1 fully saturated rings. The average molecular weight is 228 g/mol. The van der Waals surface area contributed by atoms with Crippen molar-refractivity contribution in [3.63, 3.8) is 0 Å². The first-order valence-electron chi connectivity index (χ1n) is 4.26. The van der Waals surface area contributed by atoms with Crippen LogP contribution in [0.1, 0.15) is 0 Å². The second kappa shape index (κ2) is 3.28. The largest absolute Gasteiger partial charge is 0.269 e. The molecule has 1 aliphatic rings. The number of hydrogen-bond acceptors (Lipinski definition) is 4. The Morgan fingerprint density at radius 3 is 2.13 bits per heavy atom. The fourth-order valence-electron chi connectivity index (χ4n) is 1.17. The van der Waals surface area contributed by atoms with Crippen molar-refractivity contribution in [2.24, 2.45) is 0 Å². The van der Waals surface area contributed by atoms with E-state index in [0.29, 0.717) is 13.1 Å². The quantitative estimate of drug-likeness (QED) is 0.431. The number of benzene rings is 1. The van der Waals surface area contributed by atoms with E-state index in [1.54, 1.807) is 0 Å². The van der Waals surface area contributed by atoms with Crippen LogP contribution in [-0.4, -0.2) is 30.7 Å². The zero-order chi connectivity index (χ0) is 11.1. The van der Waals surface area contributed by atoms with E-state index in [1.807, 2.05) is 0 Å². The molecule has 1 aromatic rings. The van der Waals surface area contributed by atoms with Crippen LogP contribution in [0.5, 0.6) is 0 Å². The summed E-state index contributed by atoms with van der Waals surface area (Å²) in [6.45, 7) is 1.05. The van der Waals surface area contributed by atoms with Crippen LogP contribution in [0.15, 0.2) is 29.2 Å². The van der Waals surface area contributed by atoms with E-state index < -0.39 is 14.9 Å². The van der Waals surface area contributed by atoms with Gasteiger partial charge in [0.05, 0.1) is 9.82 Å². The number of hydrogen-bond donors (Lipinski definition) is 0. The molecule has 0 aliphatic carbocycles. The van der Waals surface area contributed by atoms with Crippen molar-refractivity contribution in [3.8, 4) is 0 Å². The Labute approximate surface area is 86.3 Å². The van der Waals surface area contributed by atoms with E-state index in [4.69, 9.17) is 0 Å². The summed E-state index contributed by atoms with van der Waals surface area (Å²) in [4.78, 5) is 9.89. The first-order chi connectivity index (χ1) is 7.01. The van der Waals surface area contributed by atoms with Crippen LogP contribution >= 0.6 is 0 Å². The topological polar surface area (TPSA) is 80.3 Å². The van der Waals surface area contributed by atoms with E-state index in [0.717, 1.165) is 0 Å². The van der Waals surface area contributed by atoms with Crippen molar-refractivity contribution in [1.29, 1.82) is 0 Å². The molecule has 2 rings (SSSR count). The lowest BCUT2D eigenvalue weighted by atomic mass is 10.3. The van der Waals surface area contributed by atoms with Gasteiger partial charge in [-0.25, -0.2) is 8.42 Å². The molecule has 0 N–H and O–H groups in total. The van der Waals surface area contributed by atoms with Gasteiger partial charge in [-0.05, 0) is 12.1 Å². The number of non-ortho nitro benzene ring substituents is 1. The minimum absolute atomic E-state index is 0.102. The number of rotatable bonds is 3. The van der Waals surface area contributed by atoms with Gasteiger partial charge in [0.15, 0.2) is 0 Å². The zero-order valence-electron chi connectivity index (χ0n) is 7.66. The lowest BCUT2D eigenvalue weighted by Crippen LogP contribution is -2.11. The lowest BCUT2D eigenvalue weighted by molar-refractivity contribution is -0.384. The molecule has 1 aromatic carbocycles. The van der Waals surface area contributed by atoms with Crippen molar-refractivity contribution < 1.29 is 13.3 Å². The predicted molar refractivity (Wildman–Crippen MR) is 51.9 cm³/mol. The van der Waals surface area contributed by atoms with Gasteiger partial charge in [-0.3, -0.25) is 10.1 Å². The maximum atomic E-state index is 11.6. The second-order valence-corrected chi connectivity index (χ2v) is 5.09. The molecular weight excluding hydrogens is 220 g/mol. The third kappa shape index (κ3) is 1.83. The molecule has 0 unspecified atom stereocenters. The fourth-order valence-corrected chi connectivity index (χ4v) is 2.51. The number of nitro groups is 1. The van der Waals surface area contributed by atoms with Gasteiger partial charge in [0, 0.05) is 25.2 Å². The van der Waals surface area contributed by atoms with E-state index in [9.17, 15) is 18.5 Å². The molecule has 0 bridgehead atoms. The Bertz CT molecular complexity index is 490. The molecule has 0 radical (unpaired) electrons. The molecule has 1 saturated heterocycles. The second-order valence-electron chi connectivity index (χ2n) is 3.16. The monoisotopic (exact) mass is 228 g/mol. The van der Waals surface area contributed by atoms with E-state index in [-0.39, 0.29) is 10.6 Å². The molecule has 7 heteroatoms. The SMILES string of the molecule is O=[N+]([O-])c1ccc(S(=O)(=O)N2CC2)cc1. The first kappa shape index (κ1) is 10.1. The highest BCUT2D eigenvalue weighted by Crippen LogP contribution is 2.23. The van der Waals surface area contributed by atoms with E-state index >= 15 is 0 Å². The molecular formula is C8H8N2O4S. The number of sulfonamides is 1. The normalized spacial score (nSPS) is 16.3. The molecule has 0 spiro atoms. The van der Waals surface area contributed by atoms with Crippen LogP contribution in [-0.2, 0) is 10.0 Å². The predicted octanol–water partition coefficient (Wildman–Crippen LogP) is 0.599. The Balaban J connectivity index is 2.35. The van der Waals surface area contributed by atoms with E-state index in [2.05, 4.69) is 0 Å². The number of nitro benzene ring substituents is 1. The molecule has 80 valence electrons. The summed E-state index contributed by atoms with van der Waals surface area (Å²) in [6, 6.07) is 4.89. The molecule has 0 atom stereocenters. The summed E-state index contributed by atoms with van der Waals surface area (Å²) in [6.07, 6.45) is 0. The van der Waals surface area contributed by atoms with Crippen molar-refractivity contribution in [1.82, 2.24) is 4.31 Å². The molecule has 0 aromatic heterocycles. The van der Waals surface area contributed by atoms with Crippen LogP contribution in [0.25, 0.3) is 0 Å². The van der Waals surface area contributed by atoms with Crippen LogP contribution < -0.4 is 0 Å². The third-order valence-corrected chi connectivity index (χ3v) is 4.00. The van der Waals surface area contributed by atoms with Gasteiger partial charge < -0.3 is 0 Å². The Kier molecular flexibility index (Phi) is 2.20. The standard InChI is InChI=1S/C8H8N2O4S/c11-10(12)7-1-3-8(4-2-7)15(13,14)9-5-6-9/h1-4H,5-6H2. The molecule has 15 heavy (non-hydrogen) atoms. The maximum absolute atomic E-state index is 11.6. The summed E-state index contributed by atoms with van der Waals surface area (Å²) in [5.74, 6) is 0. The Hall–Kier alpha value is -1.47. The molecule has 1 aliphatic heterocycles. The van der Waals surface area contributed by atoms with Crippen molar-refractivity contribution in [3.05, 3.63) is 34.4 Å². The summed E-state index contributed by atoms with van der Waals surface area (Å²) in [7, 11) is -3.40. The van der Waals surface area contributed by atoms with Gasteiger partial charge >= 0.3 is 0 Å². The zero-order valence-corrected chi connectivity index (χ0v) is 8.48. The average Bonchev–Trinajstić information content (AvgIpc) is 3.01. The van der Waals surface area contributed by atoms with Crippen LogP contribution in [0.2, 0.25) is 0 Å². The lowest BCUT2D eigenvalue weighted by Gasteiger charge is -2.02. The Morgan fingerprint density at radius 2 is 1.73 bits per heavy atom. The summed E-state index contributed by atoms with van der Waals surface area (Å²) < 4.78 is 24.6. The highest BCUT2D eigenvalue weighted by Gasteiger charge is 2.33. The van der Waals surface area contributed by atoms with Gasteiger partial charge in [-0.1, -0.05) is 0 Å². The summed E-state index contributed by atoms with van der Waals surface area (Å²) in [5, 5.41) is 10.4. The van der Waals surface area contributed by atoms with Crippen LogP contribution in [0.3, 0.4) is 0 Å². The van der Waals surface area contributed by atoms with Crippen LogP contribution in [0.4, 0.5) is 5.69 Å². The summed E-state index contributed by atoms with van der Waals surface area (Å²) in [5.41, 5.74) is -0.111. The van der Waals surface area contributed by atoms with E-state index in [1.165, 1.54) is 28.6 Å². The number of nitrogens with zero attached hydrogens (tertiary/aromatic N) is 2. The van der Waals surface area contributed by atoms with Crippen molar-refractivity contribution >= 4 is 15.7 Å². The van der Waals surface area contributed by atoms with Gasteiger partial charge in [0.25, 0.3) is 5.69 Å². The van der Waals surface area contributed by atoms with Crippen molar-refractivity contribution in [2.75, 3.05) is 13.1 Å². The van der Waals surface area contributed by atoms with Crippen LogP contribution in [0, 0.1) is 10.1 Å². The van der Waals surface area contributed by atoms with Gasteiger partial charge in [-0.2, -0.15) is 4.31 Å². The highest BCUT2D eigenvalue weighted by molar-refractivity contribution is 7.89. The third-order valence-electron chi connectivity index (χ3n) is 2.09. The van der Waals surface area contributed by atoms with Gasteiger partial charge in [-0.15, -0.1) is 0 Å².